The van der Waals surface area contributed by atoms with Crippen LogP contribution >= 0.6 is 0 Å². The van der Waals surface area contributed by atoms with Crippen LogP contribution in [0.2, 0.25) is 0 Å². The van der Waals surface area contributed by atoms with Gasteiger partial charge in [0.25, 0.3) is 0 Å². The van der Waals surface area contributed by atoms with Gasteiger partial charge in [-0.15, -0.1) is 0 Å². The molecule has 1 heterocycles. The number of aliphatic hydroxyl groups is 1. The van der Waals surface area contributed by atoms with Gasteiger partial charge in [0.2, 0.25) is 0 Å². The van der Waals surface area contributed by atoms with Crippen LogP contribution in [0.5, 0.6) is 5.75 Å². The van der Waals surface area contributed by atoms with E-state index in [9.17, 15) is 15.0 Å². The topological polar surface area (TPSA) is 70.0 Å². The lowest BCUT2D eigenvalue weighted by atomic mass is 9.76. The van der Waals surface area contributed by atoms with Crippen molar-refractivity contribution in [2.24, 2.45) is 5.41 Å². The third-order valence-electron chi connectivity index (χ3n) is 4.31. The number of carboxylic acid groups (broad SMARTS) is 1. The molecule has 0 radical (unpaired) electrons. The van der Waals surface area contributed by atoms with E-state index in [1.807, 2.05) is 45.0 Å². The molecule has 0 fully saturated rings. The average Bonchev–Trinajstić information content (AvgIpc) is 2.52. The molecule has 5 nitrogen and oxygen atoms in total. The van der Waals surface area contributed by atoms with Crippen molar-refractivity contribution in [2.75, 3.05) is 20.3 Å². The van der Waals surface area contributed by atoms with E-state index in [2.05, 4.69) is 0 Å². The number of rotatable bonds is 3. The monoisotopic (exact) mass is 319 g/mol. The highest BCUT2D eigenvalue weighted by atomic mass is 16.5. The number of methoxy groups -OCH3 is 1. The van der Waals surface area contributed by atoms with E-state index < -0.39 is 6.09 Å². The van der Waals surface area contributed by atoms with Crippen LogP contribution in [0.4, 0.5) is 4.79 Å². The van der Waals surface area contributed by atoms with Gasteiger partial charge in [-0.2, -0.15) is 0 Å². The first-order valence-corrected chi connectivity index (χ1v) is 7.76. The molecule has 0 saturated carbocycles. The molecule has 0 saturated heterocycles. The summed E-state index contributed by atoms with van der Waals surface area (Å²) in [6, 6.07) is 7.34. The number of amides is 1. The maximum Gasteiger partial charge on any atom is 0.407 e. The Hall–Kier alpha value is -2.01. The summed E-state index contributed by atoms with van der Waals surface area (Å²) >= 11 is 0. The zero-order chi connectivity index (χ0) is 17.2. The number of benzene rings is 1. The maximum atomic E-state index is 11.6. The molecule has 2 rings (SSSR count). The van der Waals surface area contributed by atoms with Crippen molar-refractivity contribution < 1.29 is 19.7 Å². The quantitative estimate of drug-likeness (QED) is 0.897. The van der Waals surface area contributed by atoms with E-state index in [4.69, 9.17) is 4.74 Å². The fourth-order valence-corrected chi connectivity index (χ4v) is 3.38. The molecule has 1 aliphatic heterocycles. The molecule has 23 heavy (non-hydrogen) atoms. The van der Waals surface area contributed by atoms with Gasteiger partial charge in [0.15, 0.2) is 0 Å². The second kappa shape index (κ2) is 6.62. The second-order valence-corrected chi connectivity index (χ2v) is 6.88. The summed E-state index contributed by atoms with van der Waals surface area (Å²) in [5.74, 6) is 0.773. The second-order valence-electron chi connectivity index (χ2n) is 6.88. The Kier molecular flexibility index (Phi) is 5.00. The minimum Gasteiger partial charge on any atom is -0.497 e. The zero-order valence-corrected chi connectivity index (χ0v) is 14.2. The standard InChI is InChI=1S/C18H25NO4/c1-18(2,3)16-15(11-20)14(9-10-19(16)17(21)22)12-5-7-13(23-4)8-6-12/h5-8,16,20H,9-11H2,1-4H3,(H,21,22). The normalized spacial score (nSPS) is 19.0. The third kappa shape index (κ3) is 3.50. The fourth-order valence-electron chi connectivity index (χ4n) is 3.38. The lowest BCUT2D eigenvalue weighted by molar-refractivity contribution is 0.0891. The smallest absolute Gasteiger partial charge is 0.407 e. The molecule has 1 unspecified atom stereocenters. The Bertz CT molecular complexity index is 598. The molecule has 5 heteroatoms. The van der Waals surface area contributed by atoms with Crippen LogP contribution in [-0.2, 0) is 0 Å². The largest absolute Gasteiger partial charge is 0.497 e. The van der Waals surface area contributed by atoms with E-state index in [-0.39, 0.29) is 18.1 Å². The minimum atomic E-state index is -0.940. The molecule has 1 aliphatic rings. The summed E-state index contributed by atoms with van der Waals surface area (Å²) in [6.45, 7) is 6.29. The lowest BCUT2D eigenvalue weighted by Crippen LogP contribution is -2.51. The van der Waals surface area contributed by atoms with Crippen molar-refractivity contribution in [3.8, 4) is 5.75 Å². The molecule has 1 amide bonds. The molecule has 2 N–H and O–H groups in total. The number of hydrogen-bond acceptors (Lipinski definition) is 3. The van der Waals surface area contributed by atoms with E-state index >= 15 is 0 Å². The Morgan fingerprint density at radius 3 is 2.35 bits per heavy atom. The Balaban J connectivity index is 2.52. The summed E-state index contributed by atoms with van der Waals surface area (Å²) < 4.78 is 5.18. The minimum absolute atomic E-state index is 0.146. The molecule has 1 atom stereocenters. The molecule has 1 aromatic rings. The number of hydrogen-bond donors (Lipinski definition) is 2. The van der Waals surface area contributed by atoms with Gasteiger partial charge in [0.05, 0.1) is 19.8 Å². The first kappa shape index (κ1) is 17.3. The van der Waals surface area contributed by atoms with Gasteiger partial charge < -0.3 is 19.8 Å². The van der Waals surface area contributed by atoms with Crippen molar-refractivity contribution in [1.29, 1.82) is 0 Å². The zero-order valence-electron chi connectivity index (χ0n) is 14.2. The van der Waals surface area contributed by atoms with E-state index in [0.717, 1.165) is 22.5 Å². The van der Waals surface area contributed by atoms with Crippen molar-refractivity contribution in [2.45, 2.75) is 33.2 Å². The fraction of sp³-hybridized carbons (Fsp3) is 0.500. The van der Waals surface area contributed by atoms with Crippen LogP contribution in [-0.4, -0.2) is 47.5 Å². The highest BCUT2D eigenvalue weighted by Crippen LogP contribution is 2.39. The van der Waals surface area contributed by atoms with Gasteiger partial charge in [0, 0.05) is 6.54 Å². The van der Waals surface area contributed by atoms with Crippen molar-refractivity contribution in [3.05, 3.63) is 35.4 Å². The lowest BCUT2D eigenvalue weighted by Gasteiger charge is -2.44. The van der Waals surface area contributed by atoms with Crippen molar-refractivity contribution >= 4 is 11.7 Å². The maximum absolute atomic E-state index is 11.6. The van der Waals surface area contributed by atoms with Crippen LogP contribution in [0.15, 0.2) is 29.8 Å². The van der Waals surface area contributed by atoms with Gasteiger partial charge in [-0.1, -0.05) is 32.9 Å². The van der Waals surface area contributed by atoms with Gasteiger partial charge in [-0.05, 0) is 40.7 Å². The predicted octanol–water partition coefficient (Wildman–Crippen LogP) is 3.24. The molecule has 0 aliphatic carbocycles. The molecule has 1 aromatic carbocycles. The van der Waals surface area contributed by atoms with Crippen molar-refractivity contribution in [3.63, 3.8) is 0 Å². The van der Waals surface area contributed by atoms with Crippen LogP contribution in [0, 0.1) is 5.41 Å². The number of aliphatic hydroxyl groups excluding tert-OH is 1. The Labute approximate surface area is 137 Å². The summed E-state index contributed by atoms with van der Waals surface area (Å²) in [5.41, 5.74) is 2.53. The molecule has 0 spiro atoms. The van der Waals surface area contributed by atoms with Gasteiger partial charge in [0.1, 0.15) is 5.75 Å². The van der Waals surface area contributed by atoms with E-state index in [0.29, 0.717) is 13.0 Å². The Morgan fingerprint density at radius 1 is 1.30 bits per heavy atom. The Morgan fingerprint density at radius 2 is 1.91 bits per heavy atom. The first-order valence-electron chi connectivity index (χ1n) is 7.76. The van der Waals surface area contributed by atoms with Crippen LogP contribution < -0.4 is 4.74 Å². The van der Waals surface area contributed by atoms with Crippen molar-refractivity contribution in [1.82, 2.24) is 4.90 Å². The highest BCUT2D eigenvalue weighted by Gasteiger charge is 2.40. The SMILES string of the molecule is COc1ccc(C2=C(CO)C(C(C)(C)C)N(C(=O)O)CC2)cc1. The number of ether oxygens (including phenoxy) is 1. The van der Waals surface area contributed by atoms with E-state index in [1.54, 1.807) is 7.11 Å². The third-order valence-corrected chi connectivity index (χ3v) is 4.31. The average molecular weight is 319 g/mol. The summed E-state index contributed by atoms with van der Waals surface area (Å²) in [4.78, 5) is 13.0. The first-order chi connectivity index (χ1) is 10.8. The molecule has 0 bridgehead atoms. The number of nitrogens with zero attached hydrogens (tertiary/aromatic N) is 1. The van der Waals surface area contributed by atoms with Gasteiger partial charge >= 0.3 is 6.09 Å². The summed E-state index contributed by atoms with van der Waals surface area (Å²) in [6.07, 6.45) is -0.342. The molecular formula is C18H25NO4. The van der Waals surface area contributed by atoms with Gasteiger partial charge in [-0.25, -0.2) is 4.79 Å². The molecule has 126 valence electrons. The van der Waals surface area contributed by atoms with Crippen LogP contribution in [0.3, 0.4) is 0 Å². The molecular weight excluding hydrogens is 294 g/mol. The molecule has 0 aromatic heterocycles. The summed E-state index contributed by atoms with van der Waals surface area (Å²) in [5, 5.41) is 19.5. The summed E-state index contributed by atoms with van der Waals surface area (Å²) in [7, 11) is 1.62. The van der Waals surface area contributed by atoms with Crippen LogP contribution in [0.25, 0.3) is 5.57 Å². The predicted molar refractivity (Wildman–Crippen MR) is 89.6 cm³/mol. The highest BCUT2D eigenvalue weighted by molar-refractivity contribution is 5.75. The van der Waals surface area contributed by atoms with Gasteiger partial charge in [-0.3, -0.25) is 0 Å². The number of carbonyl (C=O) groups is 1. The van der Waals surface area contributed by atoms with E-state index in [1.165, 1.54) is 4.90 Å². The van der Waals surface area contributed by atoms with Crippen LogP contribution in [0.1, 0.15) is 32.8 Å².